The van der Waals surface area contributed by atoms with Crippen LogP contribution in [0, 0.1) is 0 Å². The van der Waals surface area contributed by atoms with Gasteiger partial charge >= 0.3 is 6.03 Å². The molecule has 2 aromatic heterocycles. The number of anilines is 2. The Balaban J connectivity index is 1.26. The number of amides is 3. The zero-order valence-corrected chi connectivity index (χ0v) is 19.4. The van der Waals surface area contributed by atoms with E-state index >= 15 is 0 Å². The maximum atomic E-state index is 12.6. The number of fused-ring (bicyclic) bond motifs is 2. The summed E-state index contributed by atoms with van der Waals surface area (Å²) in [6.07, 6.45) is 1.68. The molecular weight excluding hydrogens is 442 g/mol. The van der Waals surface area contributed by atoms with Gasteiger partial charge in [-0.15, -0.1) is 11.3 Å². The molecule has 0 saturated carbocycles. The molecule has 0 aliphatic heterocycles. The summed E-state index contributed by atoms with van der Waals surface area (Å²) in [5.74, 6) is 0.815. The third-order valence-electron chi connectivity index (χ3n) is 4.84. The summed E-state index contributed by atoms with van der Waals surface area (Å²) < 4.78 is 6.62. The molecule has 9 heteroatoms. The van der Waals surface area contributed by atoms with E-state index in [9.17, 15) is 9.59 Å². The van der Waals surface area contributed by atoms with Crippen molar-refractivity contribution in [3.63, 3.8) is 0 Å². The summed E-state index contributed by atoms with van der Waals surface area (Å²) in [7, 11) is 0. The van der Waals surface area contributed by atoms with Gasteiger partial charge < -0.3 is 21.3 Å². The molecule has 0 fully saturated rings. The Bertz CT molecular complexity index is 1230. The molecule has 4 N–H and O–H groups in total. The number of hydrogen-bond acceptors (Lipinski definition) is 6. The van der Waals surface area contributed by atoms with Crippen molar-refractivity contribution in [1.29, 1.82) is 0 Å². The van der Waals surface area contributed by atoms with E-state index in [0.29, 0.717) is 23.7 Å². The summed E-state index contributed by atoms with van der Waals surface area (Å²) in [5.41, 5.74) is 0.705. The fraction of sp³-hybridized carbons (Fsp3) is 0.261. The summed E-state index contributed by atoms with van der Waals surface area (Å²) in [4.78, 5) is 25.0. The van der Waals surface area contributed by atoms with E-state index in [4.69, 9.17) is 0 Å². The Hall–Kier alpha value is -3.17. The maximum Gasteiger partial charge on any atom is 0.319 e. The third-order valence-corrected chi connectivity index (χ3v) is 6.78. The molecule has 3 amide bonds. The van der Waals surface area contributed by atoms with E-state index in [2.05, 4.69) is 37.8 Å². The quantitative estimate of drug-likeness (QED) is 0.252. The first-order valence-electron chi connectivity index (χ1n) is 10.6. The van der Waals surface area contributed by atoms with Crippen LogP contribution >= 0.6 is 22.9 Å². The van der Waals surface area contributed by atoms with Crippen LogP contribution in [0.2, 0.25) is 0 Å². The summed E-state index contributed by atoms with van der Waals surface area (Å²) in [6.45, 7) is 3.94. The van der Waals surface area contributed by atoms with Gasteiger partial charge in [0.2, 0.25) is 0 Å². The van der Waals surface area contributed by atoms with Gasteiger partial charge in [-0.2, -0.15) is 4.37 Å². The molecule has 2 aromatic carbocycles. The molecule has 0 atom stereocenters. The van der Waals surface area contributed by atoms with Crippen LogP contribution < -0.4 is 21.3 Å². The number of rotatable bonds is 9. The Morgan fingerprint density at radius 3 is 2.72 bits per heavy atom. The zero-order valence-electron chi connectivity index (χ0n) is 17.7. The van der Waals surface area contributed by atoms with Crippen LogP contribution in [0.5, 0.6) is 0 Å². The summed E-state index contributed by atoms with van der Waals surface area (Å²) in [6, 6.07) is 15.4. The predicted octanol–water partition coefficient (Wildman–Crippen LogP) is 5.27. The number of carbonyl (C=O) groups is 2. The molecule has 166 valence electrons. The smallest absolute Gasteiger partial charge is 0.319 e. The third kappa shape index (κ3) is 5.35. The lowest BCUT2D eigenvalue weighted by Crippen LogP contribution is -2.29. The Kier molecular flexibility index (Phi) is 7.18. The van der Waals surface area contributed by atoms with Gasteiger partial charge in [0, 0.05) is 35.4 Å². The molecule has 0 aliphatic rings. The van der Waals surface area contributed by atoms with E-state index < -0.39 is 0 Å². The van der Waals surface area contributed by atoms with Gasteiger partial charge in [-0.1, -0.05) is 19.1 Å². The van der Waals surface area contributed by atoms with Crippen molar-refractivity contribution < 1.29 is 9.59 Å². The lowest BCUT2D eigenvalue weighted by Gasteiger charge is -2.06. The van der Waals surface area contributed by atoms with Crippen LogP contribution in [0.3, 0.4) is 0 Å². The van der Waals surface area contributed by atoms with Gasteiger partial charge in [-0.25, -0.2) is 4.79 Å². The maximum absolute atomic E-state index is 12.6. The van der Waals surface area contributed by atoms with E-state index in [-0.39, 0.29) is 11.9 Å². The second-order valence-corrected chi connectivity index (χ2v) is 9.20. The molecule has 4 rings (SSSR count). The van der Waals surface area contributed by atoms with Crippen LogP contribution in [0.15, 0.2) is 48.5 Å². The summed E-state index contributed by atoms with van der Waals surface area (Å²) in [5, 5.41) is 14.0. The van der Waals surface area contributed by atoms with Crippen molar-refractivity contribution in [1.82, 2.24) is 15.0 Å². The number of benzene rings is 2. The number of nitrogens with zero attached hydrogens (tertiary/aromatic N) is 1. The van der Waals surface area contributed by atoms with Gasteiger partial charge in [0.25, 0.3) is 5.91 Å². The van der Waals surface area contributed by atoms with Crippen molar-refractivity contribution in [2.24, 2.45) is 0 Å². The predicted molar refractivity (Wildman–Crippen MR) is 134 cm³/mol. The second-order valence-electron chi connectivity index (χ2n) is 7.31. The number of carbonyl (C=O) groups excluding carboxylic acids is 2. The molecule has 32 heavy (non-hydrogen) atoms. The first-order chi connectivity index (χ1) is 15.6. The molecule has 0 spiro atoms. The molecule has 7 nitrogen and oxygen atoms in total. The standard InChI is InChI=1S/C23H25N5O2S2/c1-2-10-26-23(30)27-16-8-9-18-15(13-16)14-20(31-18)22(29)25-12-5-11-24-21-17-6-3-4-7-19(17)32-28-21/h3-4,6-9,13-14H,2,5,10-12H2,1H3,(H,24,28)(H,25,29)(H2,26,27,30). The molecule has 0 radical (unpaired) electrons. The minimum atomic E-state index is -0.223. The zero-order chi connectivity index (χ0) is 22.3. The highest BCUT2D eigenvalue weighted by Crippen LogP contribution is 2.28. The topological polar surface area (TPSA) is 95.2 Å². The van der Waals surface area contributed by atoms with Gasteiger partial charge in [0.05, 0.1) is 9.58 Å². The fourth-order valence-electron chi connectivity index (χ4n) is 3.24. The lowest BCUT2D eigenvalue weighted by molar-refractivity contribution is 0.0957. The van der Waals surface area contributed by atoms with Gasteiger partial charge in [0.1, 0.15) is 5.82 Å². The van der Waals surface area contributed by atoms with E-state index in [1.807, 2.05) is 43.3 Å². The first kappa shape index (κ1) is 22.0. The molecule has 2 heterocycles. The Labute approximate surface area is 194 Å². The molecule has 0 bridgehead atoms. The first-order valence-corrected chi connectivity index (χ1v) is 12.2. The molecule has 4 aromatic rings. The number of hydrogen-bond donors (Lipinski definition) is 4. The summed E-state index contributed by atoms with van der Waals surface area (Å²) >= 11 is 2.93. The van der Waals surface area contributed by atoms with Crippen molar-refractivity contribution in [3.8, 4) is 0 Å². The van der Waals surface area contributed by atoms with E-state index in [1.165, 1.54) is 22.9 Å². The number of thiophene rings is 1. The van der Waals surface area contributed by atoms with Crippen molar-refractivity contribution >= 4 is 66.5 Å². The van der Waals surface area contributed by atoms with Crippen molar-refractivity contribution in [3.05, 3.63) is 53.4 Å². The number of nitrogens with one attached hydrogen (secondary N) is 4. The molecule has 0 aliphatic carbocycles. The van der Waals surface area contributed by atoms with Crippen molar-refractivity contribution in [2.75, 3.05) is 30.3 Å². The van der Waals surface area contributed by atoms with Crippen LogP contribution in [0.1, 0.15) is 29.4 Å². The normalized spacial score (nSPS) is 10.9. The van der Waals surface area contributed by atoms with Gasteiger partial charge in [-0.05, 0) is 66.2 Å². The van der Waals surface area contributed by atoms with Crippen LogP contribution in [0.25, 0.3) is 20.2 Å². The van der Waals surface area contributed by atoms with Gasteiger partial charge in [-0.3, -0.25) is 4.79 Å². The van der Waals surface area contributed by atoms with Gasteiger partial charge in [0.15, 0.2) is 0 Å². The second kappa shape index (κ2) is 10.4. The number of aromatic nitrogens is 1. The van der Waals surface area contributed by atoms with E-state index in [0.717, 1.165) is 45.4 Å². The minimum absolute atomic E-state index is 0.0829. The lowest BCUT2D eigenvalue weighted by atomic mass is 10.2. The number of urea groups is 1. The molecule has 0 saturated heterocycles. The highest BCUT2D eigenvalue weighted by molar-refractivity contribution is 7.20. The van der Waals surface area contributed by atoms with Crippen LogP contribution in [-0.2, 0) is 0 Å². The Morgan fingerprint density at radius 1 is 0.969 bits per heavy atom. The van der Waals surface area contributed by atoms with Crippen molar-refractivity contribution in [2.45, 2.75) is 19.8 Å². The molecule has 0 unspecified atom stereocenters. The van der Waals surface area contributed by atoms with Crippen LogP contribution in [0.4, 0.5) is 16.3 Å². The SMILES string of the molecule is CCCNC(=O)Nc1ccc2sc(C(=O)NCCCNc3nsc4ccccc34)cc2c1. The largest absolute Gasteiger partial charge is 0.369 e. The van der Waals surface area contributed by atoms with Crippen LogP contribution in [-0.4, -0.2) is 35.9 Å². The average molecular weight is 468 g/mol. The Morgan fingerprint density at radius 2 is 1.84 bits per heavy atom. The monoisotopic (exact) mass is 467 g/mol. The van der Waals surface area contributed by atoms with E-state index in [1.54, 1.807) is 0 Å². The average Bonchev–Trinajstić information content (AvgIpc) is 3.41. The molecular formula is C23H25N5O2S2. The highest BCUT2D eigenvalue weighted by atomic mass is 32.1. The highest BCUT2D eigenvalue weighted by Gasteiger charge is 2.11. The minimum Gasteiger partial charge on any atom is -0.369 e. The fourth-order valence-corrected chi connectivity index (χ4v) is 4.96.